The first-order valence-corrected chi connectivity index (χ1v) is 8.29. The highest BCUT2D eigenvalue weighted by molar-refractivity contribution is 9.10. The van der Waals surface area contributed by atoms with Gasteiger partial charge in [-0.15, -0.1) is 0 Å². The summed E-state index contributed by atoms with van der Waals surface area (Å²) in [4.78, 5) is 0. The summed E-state index contributed by atoms with van der Waals surface area (Å²) in [5, 5.41) is 3.26. The Morgan fingerprint density at radius 3 is 2.38 bits per heavy atom. The molecule has 1 saturated carbocycles. The zero-order valence-corrected chi connectivity index (χ0v) is 13.7. The lowest BCUT2D eigenvalue weighted by atomic mass is 9.83. The molecule has 21 heavy (non-hydrogen) atoms. The van der Waals surface area contributed by atoms with Crippen LogP contribution in [0.5, 0.6) is 0 Å². The van der Waals surface area contributed by atoms with Gasteiger partial charge in [0.1, 0.15) is 0 Å². The van der Waals surface area contributed by atoms with E-state index in [2.05, 4.69) is 21.2 Å². The largest absolute Gasteiger partial charge is 0.393 e. The molecule has 1 nitrogen and oxygen atoms in total. The van der Waals surface area contributed by atoms with Gasteiger partial charge in [-0.2, -0.15) is 13.2 Å². The van der Waals surface area contributed by atoms with Crippen molar-refractivity contribution in [1.82, 2.24) is 5.32 Å². The number of hydrogen-bond acceptors (Lipinski definition) is 1. The minimum Gasteiger partial charge on any atom is -0.307 e. The fraction of sp³-hybridized carbons (Fsp3) is 0.625. The van der Waals surface area contributed by atoms with Gasteiger partial charge < -0.3 is 5.32 Å². The van der Waals surface area contributed by atoms with Crippen molar-refractivity contribution in [2.45, 2.75) is 57.3 Å². The molecule has 1 N–H and O–H groups in total. The molecule has 0 amide bonds. The third-order valence-corrected chi connectivity index (χ3v) is 4.81. The topological polar surface area (TPSA) is 12.0 Å². The van der Waals surface area contributed by atoms with Crippen LogP contribution in [-0.2, 0) is 0 Å². The van der Waals surface area contributed by atoms with Crippen LogP contribution in [-0.4, -0.2) is 12.2 Å². The normalized spacial score (nSPS) is 24.8. The molecule has 0 aliphatic heterocycles. The minimum atomic E-state index is -4.10. The van der Waals surface area contributed by atoms with Crippen LogP contribution in [0.3, 0.4) is 0 Å². The van der Waals surface area contributed by atoms with Crippen LogP contribution in [0.25, 0.3) is 0 Å². The highest BCUT2D eigenvalue weighted by Gasteiger charge is 2.45. The molecule has 1 aliphatic rings. The zero-order chi connectivity index (χ0) is 15.5. The van der Waals surface area contributed by atoms with E-state index < -0.39 is 18.1 Å². The van der Waals surface area contributed by atoms with Gasteiger partial charge in [0.2, 0.25) is 0 Å². The predicted molar refractivity (Wildman–Crippen MR) is 82.1 cm³/mol. The molecule has 3 atom stereocenters. The molecular formula is C16H21BrF3N. The number of rotatable bonds is 4. The first-order chi connectivity index (χ1) is 9.91. The predicted octanol–water partition coefficient (Wildman–Crippen LogP) is 5.61. The van der Waals surface area contributed by atoms with Crippen LogP contribution >= 0.6 is 15.9 Å². The first-order valence-electron chi connectivity index (χ1n) is 7.50. The second kappa shape index (κ2) is 7.14. The summed E-state index contributed by atoms with van der Waals surface area (Å²) < 4.78 is 40.4. The summed E-state index contributed by atoms with van der Waals surface area (Å²) in [7, 11) is 0. The van der Waals surface area contributed by atoms with Gasteiger partial charge in [-0.05, 0) is 37.0 Å². The zero-order valence-electron chi connectivity index (χ0n) is 12.1. The van der Waals surface area contributed by atoms with Gasteiger partial charge in [0.25, 0.3) is 0 Å². The van der Waals surface area contributed by atoms with Gasteiger partial charge >= 0.3 is 6.18 Å². The molecule has 0 heterocycles. The van der Waals surface area contributed by atoms with Crippen molar-refractivity contribution >= 4 is 15.9 Å². The SMILES string of the molecule is CCC(NC1CCCCC1C(F)(F)F)c1ccc(Br)cc1. The molecule has 1 fully saturated rings. The molecule has 118 valence electrons. The van der Waals surface area contributed by atoms with Crippen LogP contribution < -0.4 is 5.32 Å². The maximum Gasteiger partial charge on any atom is 0.393 e. The van der Waals surface area contributed by atoms with Crippen LogP contribution in [0.1, 0.15) is 50.6 Å². The van der Waals surface area contributed by atoms with E-state index in [1.807, 2.05) is 31.2 Å². The van der Waals surface area contributed by atoms with Crippen molar-refractivity contribution in [2.24, 2.45) is 5.92 Å². The highest BCUT2D eigenvalue weighted by atomic mass is 79.9. The fourth-order valence-electron chi connectivity index (χ4n) is 3.13. The standard InChI is InChI=1S/C16H21BrF3N/c1-2-14(11-7-9-12(17)10-8-11)21-15-6-4-3-5-13(15)16(18,19)20/h7-10,13-15,21H,2-6H2,1H3. The van der Waals surface area contributed by atoms with E-state index in [1.165, 1.54) is 0 Å². The van der Waals surface area contributed by atoms with Gasteiger partial charge in [0.15, 0.2) is 0 Å². The molecule has 3 unspecified atom stereocenters. The Hall–Kier alpha value is -0.550. The van der Waals surface area contributed by atoms with Crippen molar-refractivity contribution in [3.05, 3.63) is 34.3 Å². The van der Waals surface area contributed by atoms with Gasteiger partial charge in [-0.1, -0.05) is 47.8 Å². The van der Waals surface area contributed by atoms with E-state index in [0.717, 1.165) is 22.9 Å². The van der Waals surface area contributed by atoms with E-state index in [-0.39, 0.29) is 12.5 Å². The molecule has 0 spiro atoms. The lowest BCUT2D eigenvalue weighted by Gasteiger charge is -2.36. The second-order valence-corrected chi connectivity index (χ2v) is 6.63. The van der Waals surface area contributed by atoms with Gasteiger partial charge in [-0.3, -0.25) is 0 Å². The Bertz CT molecular complexity index is 444. The molecule has 2 rings (SSSR count). The van der Waals surface area contributed by atoms with Crippen molar-refractivity contribution in [3.8, 4) is 0 Å². The Labute approximate surface area is 132 Å². The summed E-state index contributed by atoms with van der Waals surface area (Å²) in [6, 6.07) is 7.31. The number of hydrogen-bond donors (Lipinski definition) is 1. The molecular weight excluding hydrogens is 343 g/mol. The van der Waals surface area contributed by atoms with Crippen LogP contribution in [0.15, 0.2) is 28.7 Å². The molecule has 0 radical (unpaired) electrons. The summed E-state index contributed by atoms with van der Waals surface area (Å²) in [5.41, 5.74) is 1.05. The summed E-state index contributed by atoms with van der Waals surface area (Å²) >= 11 is 3.38. The van der Waals surface area contributed by atoms with Gasteiger partial charge in [0, 0.05) is 16.6 Å². The van der Waals surface area contributed by atoms with Crippen LogP contribution in [0.2, 0.25) is 0 Å². The maximum absolute atomic E-state index is 13.2. The summed E-state index contributed by atoms with van der Waals surface area (Å²) in [6.07, 6.45) is -0.910. The minimum absolute atomic E-state index is 0.0222. The van der Waals surface area contributed by atoms with Gasteiger partial charge in [0.05, 0.1) is 5.92 Å². The summed E-state index contributed by atoms with van der Waals surface area (Å²) in [6.45, 7) is 2.01. The monoisotopic (exact) mass is 363 g/mol. The first kappa shape index (κ1) is 16.8. The van der Waals surface area contributed by atoms with Gasteiger partial charge in [-0.25, -0.2) is 0 Å². The molecule has 1 aromatic rings. The smallest absolute Gasteiger partial charge is 0.307 e. The Morgan fingerprint density at radius 2 is 1.81 bits per heavy atom. The van der Waals surface area contributed by atoms with Crippen molar-refractivity contribution in [3.63, 3.8) is 0 Å². The third kappa shape index (κ3) is 4.46. The third-order valence-electron chi connectivity index (χ3n) is 4.28. The van der Waals surface area contributed by atoms with E-state index in [1.54, 1.807) is 0 Å². The molecule has 5 heteroatoms. The number of nitrogens with one attached hydrogen (secondary N) is 1. The second-order valence-electron chi connectivity index (χ2n) is 5.72. The lowest BCUT2D eigenvalue weighted by Crippen LogP contribution is -2.46. The van der Waals surface area contributed by atoms with Crippen molar-refractivity contribution in [2.75, 3.05) is 0 Å². The number of halogens is 4. The van der Waals surface area contributed by atoms with Crippen LogP contribution in [0.4, 0.5) is 13.2 Å². The fourth-order valence-corrected chi connectivity index (χ4v) is 3.39. The quantitative estimate of drug-likeness (QED) is 0.732. The molecule has 0 bridgehead atoms. The Kier molecular flexibility index (Phi) is 5.72. The van der Waals surface area contributed by atoms with E-state index in [9.17, 15) is 13.2 Å². The molecule has 1 aliphatic carbocycles. The Balaban J connectivity index is 2.10. The Morgan fingerprint density at radius 1 is 1.19 bits per heavy atom. The lowest BCUT2D eigenvalue weighted by molar-refractivity contribution is -0.189. The molecule has 0 saturated heterocycles. The van der Waals surface area contributed by atoms with Crippen LogP contribution in [0, 0.1) is 5.92 Å². The summed E-state index contributed by atoms with van der Waals surface area (Å²) in [5.74, 6) is -1.21. The van der Waals surface area contributed by atoms with E-state index in [0.29, 0.717) is 12.8 Å². The van der Waals surface area contributed by atoms with Crippen molar-refractivity contribution in [1.29, 1.82) is 0 Å². The maximum atomic E-state index is 13.2. The van der Waals surface area contributed by atoms with E-state index >= 15 is 0 Å². The number of alkyl halides is 3. The molecule has 0 aromatic heterocycles. The average Bonchev–Trinajstić information content (AvgIpc) is 2.45. The number of benzene rings is 1. The molecule has 1 aromatic carbocycles. The average molecular weight is 364 g/mol. The van der Waals surface area contributed by atoms with Crippen molar-refractivity contribution < 1.29 is 13.2 Å². The van der Waals surface area contributed by atoms with E-state index in [4.69, 9.17) is 0 Å². The highest BCUT2D eigenvalue weighted by Crippen LogP contribution is 2.38.